The predicted octanol–water partition coefficient (Wildman–Crippen LogP) is 1.70. The first kappa shape index (κ1) is 12.7. The minimum Gasteiger partial charge on any atom is -0.472 e. The average Bonchev–Trinajstić information content (AvgIpc) is 2.91. The van der Waals surface area contributed by atoms with Crippen molar-refractivity contribution in [1.82, 2.24) is 5.32 Å². The largest absolute Gasteiger partial charge is 0.472 e. The molecule has 0 bridgehead atoms. The van der Waals surface area contributed by atoms with Gasteiger partial charge >= 0.3 is 6.03 Å². The van der Waals surface area contributed by atoms with Crippen molar-refractivity contribution < 1.29 is 14.0 Å². The summed E-state index contributed by atoms with van der Waals surface area (Å²) < 4.78 is 4.83. The van der Waals surface area contributed by atoms with Crippen molar-refractivity contribution in [2.75, 3.05) is 5.32 Å². The van der Waals surface area contributed by atoms with Crippen LogP contribution in [0, 0.1) is 0 Å². The minimum atomic E-state index is -0.610. The molecule has 0 unspecified atom stereocenters. The van der Waals surface area contributed by atoms with Gasteiger partial charge in [-0.2, -0.15) is 0 Å². The molecule has 6 heteroatoms. The molecule has 1 aromatic carbocycles. The normalized spacial score (nSPS) is 9.89. The summed E-state index contributed by atoms with van der Waals surface area (Å²) in [6.45, 7) is 0.390. The maximum atomic E-state index is 11.6. The Balaban J connectivity index is 1.89. The van der Waals surface area contributed by atoms with Crippen LogP contribution in [-0.2, 0) is 6.54 Å². The van der Waals surface area contributed by atoms with Gasteiger partial charge in [-0.3, -0.25) is 4.79 Å². The van der Waals surface area contributed by atoms with Crippen LogP contribution in [-0.4, -0.2) is 11.9 Å². The zero-order valence-electron chi connectivity index (χ0n) is 10.1. The monoisotopic (exact) mass is 259 g/mol. The Morgan fingerprint density at radius 2 is 1.89 bits per heavy atom. The standard InChI is InChI=1S/C13H13N3O3/c14-13(18)16-11-3-1-9(2-4-11)7-15-12(17)10-5-6-19-8-10/h1-6,8H,7H2,(H,15,17)(H3,14,16,18). The van der Waals surface area contributed by atoms with Gasteiger partial charge in [0.25, 0.3) is 5.91 Å². The fraction of sp³-hybridized carbons (Fsp3) is 0.0769. The Hall–Kier alpha value is -2.76. The highest BCUT2D eigenvalue weighted by Gasteiger charge is 2.06. The number of benzene rings is 1. The topological polar surface area (TPSA) is 97.4 Å². The number of nitrogens with two attached hydrogens (primary N) is 1. The number of furan rings is 1. The van der Waals surface area contributed by atoms with Crippen molar-refractivity contribution in [3.8, 4) is 0 Å². The summed E-state index contributed by atoms with van der Waals surface area (Å²) in [4.78, 5) is 22.3. The molecule has 0 atom stereocenters. The van der Waals surface area contributed by atoms with E-state index < -0.39 is 6.03 Å². The van der Waals surface area contributed by atoms with E-state index >= 15 is 0 Å². The molecule has 4 N–H and O–H groups in total. The molecule has 0 aliphatic carbocycles. The summed E-state index contributed by atoms with van der Waals surface area (Å²) in [5, 5.41) is 5.21. The van der Waals surface area contributed by atoms with E-state index in [1.54, 1.807) is 30.3 Å². The maximum absolute atomic E-state index is 11.6. The Bertz CT molecular complexity index is 561. The summed E-state index contributed by atoms with van der Waals surface area (Å²) in [6.07, 6.45) is 2.83. The van der Waals surface area contributed by atoms with E-state index in [0.717, 1.165) is 5.56 Å². The molecule has 3 amide bonds. The molecule has 0 radical (unpaired) electrons. The van der Waals surface area contributed by atoms with E-state index in [1.165, 1.54) is 12.5 Å². The van der Waals surface area contributed by atoms with Gasteiger partial charge in [-0.05, 0) is 23.8 Å². The van der Waals surface area contributed by atoms with Gasteiger partial charge in [0.05, 0.1) is 11.8 Å². The molecular weight excluding hydrogens is 246 g/mol. The fourth-order valence-electron chi connectivity index (χ4n) is 1.53. The van der Waals surface area contributed by atoms with E-state index in [1.807, 2.05) is 0 Å². The summed E-state index contributed by atoms with van der Waals surface area (Å²) in [7, 11) is 0. The molecule has 0 saturated heterocycles. The second-order valence-electron chi connectivity index (χ2n) is 3.88. The quantitative estimate of drug-likeness (QED) is 0.779. The predicted molar refractivity (Wildman–Crippen MR) is 69.5 cm³/mol. The van der Waals surface area contributed by atoms with Crippen molar-refractivity contribution >= 4 is 17.6 Å². The van der Waals surface area contributed by atoms with Crippen molar-refractivity contribution in [3.63, 3.8) is 0 Å². The van der Waals surface area contributed by atoms with E-state index in [2.05, 4.69) is 10.6 Å². The minimum absolute atomic E-state index is 0.201. The van der Waals surface area contributed by atoms with Crippen molar-refractivity contribution in [3.05, 3.63) is 54.0 Å². The fourth-order valence-corrected chi connectivity index (χ4v) is 1.53. The number of urea groups is 1. The van der Waals surface area contributed by atoms with Crippen LogP contribution in [0.15, 0.2) is 47.3 Å². The van der Waals surface area contributed by atoms with Crippen molar-refractivity contribution in [1.29, 1.82) is 0 Å². The van der Waals surface area contributed by atoms with Crippen LogP contribution >= 0.6 is 0 Å². The molecule has 6 nitrogen and oxygen atoms in total. The lowest BCUT2D eigenvalue weighted by atomic mass is 10.2. The average molecular weight is 259 g/mol. The van der Waals surface area contributed by atoms with E-state index in [-0.39, 0.29) is 5.91 Å². The Morgan fingerprint density at radius 3 is 2.47 bits per heavy atom. The third kappa shape index (κ3) is 3.60. The molecule has 2 aromatic rings. The Kier molecular flexibility index (Phi) is 3.82. The second-order valence-corrected chi connectivity index (χ2v) is 3.88. The first-order chi connectivity index (χ1) is 9.15. The first-order valence-electron chi connectivity index (χ1n) is 5.61. The van der Waals surface area contributed by atoms with Gasteiger partial charge in [0.2, 0.25) is 0 Å². The highest BCUT2D eigenvalue weighted by Crippen LogP contribution is 2.09. The number of rotatable bonds is 4. The van der Waals surface area contributed by atoms with Gasteiger partial charge < -0.3 is 20.8 Å². The molecule has 0 saturated carbocycles. The van der Waals surface area contributed by atoms with Gasteiger partial charge in [0.15, 0.2) is 0 Å². The number of nitrogens with one attached hydrogen (secondary N) is 2. The summed E-state index contributed by atoms with van der Waals surface area (Å²) in [6, 6.07) is 7.99. The van der Waals surface area contributed by atoms with Crippen LogP contribution in [0.4, 0.5) is 10.5 Å². The Labute approximate surface area is 109 Å². The highest BCUT2D eigenvalue weighted by atomic mass is 16.3. The van der Waals surface area contributed by atoms with Crippen LogP contribution in [0.1, 0.15) is 15.9 Å². The smallest absolute Gasteiger partial charge is 0.316 e. The van der Waals surface area contributed by atoms with E-state index in [0.29, 0.717) is 17.8 Å². The molecule has 19 heavy (non-hydrogen) atoms. The third-order valence-corrected chi connectivity index (χ3v) is 2.46. The first-order valence-corrected chi connectivity index (χ1v) is 5.61. The third-order valence-electron chi connectivity index (χ3n) is 2.46. The molecular formula is C13H13N3O3. The Morgan fingerprint density at radius 1 is 1.16 bits per heavy atom. The molecule has 0 fully saturated rings. The number of primary amides is 1. The van der Waals surface area contributed by atoms with Gasteiger partial charge in [-0.1, -0.05) is 12.1 Å². The van der Waals surface area contributed by atoms with Gasteiger partial charge in [0, 0.05) is 12.2 Å². The molecule has 98 valence electrons. The number of amides is 3. The van der Waals surface area contributed by atoms with Gasteiger partial charge in [-0.25, -0.2) is 4.79 Å². The molecule has 1 aromatic heterocycles. The number of carbonyl (C=O) groups excluding carboxylic acids is 2. The van der Waals surface area contributed by atoms with Crippen LogP contribution in [0.5, 0.6) is 0 Å². The number of hydrogen-bond acceptors (Lipinski definition) is 3. The number of anilines is 1. The number of carbonyl (C=O) groups is 2. The summed E-state index contributed by atoms with van der Waals surface area (Å²) >= 11 is 0. The van der Waals surface area contributed by atoms with E-state index in [9.17, 15) is 9.59 Å². The molecule has 0 aliphatic rings. The van der Waals surface area contributed by atoms with Crippen LogP contribution in [0.2, 0.25) is 0 Å². The molecule has 0 aliphatic heterocycles. The summed E-state index contributed by atoms with van der Waals surface area (Å²) in [5.41, 5.74) is 7.00. The zero-order valence-corrected chi connectivity index (χ0v) is 10.1. The lowest BCUT2D eigenvalue weighted by Crippen LogP contribution is -2.22. The lowest BCUT2D eigenvalue weighted by molar-refractivity contribution is 0.0950. The summed E-state index contributed by atoms with van der Waals surface area (Å²) in [5.74, 6) is -0.201. The van der Waals surface area contributed by atoms with Gasteiger partial charge in [-0.15, -0.1) is 0 Å². The molecule has 1 heterocycles. The molecule has 0 spiro atoms. The van der Waals surface area contributed by atoms with Crippen molar-refractivity contribution in [2.24, 2.45) is 5.73 Å². The zero-order chi connectivity index (χ0) is 13.7. The second kappa shape index (κ2) is 5.72. The SMILES string of the molecule is NC(=O)Nc1ccc(CNC(=O)c2ccoc2)cc1. The molecule has 2 rings (SSSR count). The van der Waals surface area contributed by atoms with Crippen molar-refractivity contribution in [2.45, 2.75) is 6.54 Å². The highest BCUT2D eigenvalue weighted by molar-refractivity contribution is 5.93. The van der Waals surface area contributed by atoms with Crippen LogP contribution in [0.25, 0.3) is 0 Å². The van der Waals surface area contributed by atoms with Crippen LogP contribution in [0.3, 0.4) is 0 Å². The lowest BCUT2D eigenvalue weighted by Gasteiger charge is -2.05. The van der Waals surface area contributed by atoms with Crippen LogP contribution < -0.4 is 16.4 Å². The number of hydrogen-bond donors (Lipinski definition) is 3. The van der Waals surface area contributed by atoms with E-state index in [4.69, 9.17) is 10.2 Å². The maximum Gasteiger partial charge on any atom is 0.316 e. The van der Waals surface area contributed by atoms with Gasteiger partial charge in [0.1, 0.15) is 6.26 Å².